The van der Waals surface area contributed by atoms with Crippen molar-refractivity contribution >= 4 is 5.97 Å². The van der Waals surface area contributed by atoms with E-state index in [0.717, 1.165) is 55.9 Å². The molecule has 0 unspecified atom stereocenters. The van der Waals surface area contributed by atoms with E-state index in [-0.39, 0.29) is 0 Å². The molecule has 1 N–H and O–H groups in total. The van der Waals surface area contributed by atoms with Crippen LogP contribution in [0.3, 0.4) is 0 Å². The van der Waals surface area contributed by atoms with E-state index in [9.17, 15) is 13.2 Å². The second-order valence-electron chi connectivity index (χ2n) is 6.72. The number of nitrogens with zero attached hydrogens (tertiary/aromatic N) is 4. The Kier molecular flexibility index (Phi) is 7.61. The minimum atomic E-state index is -5.08. The number of hydrogen-bond donors (Lipinski definition) is 1. The number of aliphatic carboxylic acids is 1. The number of halogens is 3. The van der Waals surface area contributed by atoms with Crippen LogP contribution in [0.1, 0.15) is 37.1 Å². The SMILES string of the molecule is CCc1nc(C)c(CN2CCC(Cn3cccn3)CC2)o1.O=C(O)C(F)(F)F. The molecular formula is C18H25F3N4O3. The van der Waals surface area contributed by atoms with E-state index >= 15 is 0 Å². The molecule has 0 saturated carbocycles. The van der Waals surface area contributed by atoms with E-state index < -0.39 is 12.1 Å². The number of rotatable bonds is 5. The number of likely N-dealkylation sites (tertiary alicyclic amines) is 1. The molecule has 2 aromatic heterocycles. The number of hydrogen-bond acceptors (Lipinski definition) is 5. The standard InChI is InChI=1S/C16H24N4O.C2HF3O2/c1-3-16-18-13(2)15(21-16)12-19-9-5-14(6-10-19)11-20-8-4-7-17-20;3-2(4,5)1(6)7/h4,7-8,14H,3,5-6,9-12H2,1-2H3;(H,6,7). The van der Waals surface area contributed by atoms with E-state index in [1.54, 1.807) is 0 Å². The van der Waals surface area contributed by atoms with Crippen molar-refractivity contribution in [3.05, 3.63) is 35.8 Å². The third kappa shape index (κ3) is 6.66. The predicted molar refractivity (Wildman–Crippen MR) is 94.5 cm³/mol. The number of carboxylic acids is 1. The molecule has 3 rings (SSSR count). The number of piperidine rings is 1. The van der Waals surface area contributed by atoms with Gasteiger partial charge in [0.25, 0.3) is 0 Å². The summed E-state index contributed by atoms with van der Waals surface area (Å²) in [6.45, 7) is 8.33. The van der Waals surface area contributed by atoms with Gasteiger partial charge in [0.05, 0.1) is 12.2 Å². The van der Waals surface area contributed by atoms with E-state index in [1.165, 1.54) is 12.8 Å². The fraction of sp³-hybridized carbons (Fsp3) is 0.611. The summed E-state index contributed by atoms with van der Waals surface area (Å²) >= 11 is 0. The van der Waals surface area contributed by atoms with E-state index in [0.29, 0.717) is 0 Å². The van der Waals surface area contributed by atoms with Gasteiger partial charge in [-0.25, -0.2) is 9.78 Å². The first-order valence-corrected chi connectivity index (χ1v) is 9.14. The normalized spacial score (nSPS) is 15.9. The van der Waals surface area contributed by atoms with Crippen LogP contribution in [-0.4, -0.2) is 50.0 Å². The van der Waals surface area contributed by atoms with Crippen LogP contribution in [0.25, 0.3) is 0 Å². The average molecular weight is 402 g/mol. The Morgan fingerprint density at radius 3 is 2.46 bits per heavy atom. The van der Waals surface area contributed by atoms with Crippen LogP contribution in [-0.2, 0) is 24.3 Å². The number of aryl methyl sites for hydroxylation is 2. The third-order valence-electron chi connectivity index (χ3n) is 4.56. The van der Waals surface area contributed by atoms with Gasteiger partial charge >= 0.3 is 12.1 Å². The zero-order valence-corrected chi connectivity index (χ0v) is 15.9. The van der Waals surface area contributed by atoms with Crippen LogP contribution in [0.5, 0.6) is 0 Å². The van der Waals surface area contributed by atoms with Crippen molar-refractivity contribution < 1.29 is 27.5 Å². The van der Waals surface area contributed by atoms with Gasteiger partial charge in [0.2, 0.25) is 0 Å². The zero-order valence-electron chi connectivity index (χ0n) is 15.9. The summed E-state index contributed by atoms with van der Waals surface area (Å²) in [6.07, 6.45) is 2.15. The molecule has 0 amide bonds. The highest BCUT2D eigenvalue weighted by atomic mass is 19.4. The highest BCUT2D eigenvalue weighted by molar-refractivity contribution is 5.73. The maximum Gasteiger partial charge on any atom is 0.490 e. The first-order chi connectivity index (χ1) is 13.2. The Labute approximate surface area is 161 Å². The first kappa shape index (κ1) is 21.9. The molecule has 1 aliphatic heterocycles. The van der Waals surface area contributed by atoms with Crippen LogP contribution in [0.2, 0.25) is 0 Å². The lowest BCUT2D eigenvalue weighted by molar-refractivity contribution is -0.192. The molecule has 1 fully saturated rings. The average Bonchev–Trinajstić information content (AvgIpc) is 3.26. The van der Waals surface area contributed by atoms with Gasteiger partial charge in [-0.15, -0.1) is 0 Å². The fourth-order valence-electron chi connectivity index (χ4n) is 2.99. The summed E-state index contributed by atoms with van der Waals surface area (Å²) in [5.41, 5.74) is 1.05. The third-order valence-corrected chi connectivity index (χ3v) is 4.56. The molecule has 0 aliphatic carbocycles. The monoisotopic (exact) mass is 402 g/mol. The molecule has 0 aromatic carbocycles. The van der Waals surface area contributed by atoms with Gasteiger partial charge in [0.1, 0.15) is 5.76 Å². The minimum Gasteiger partial charge on any atom is -0.475 e. The summed E-state index contributed by atoms with van der Waals surface area (Å²) in [5, 5.41) is 11.4. The van der Waals surface area contributed by atoms with Crippen molar-refractivity contribution in [3.8, 4) is 0 Å². The lowest BCUT2D eigenvalue weighted by atomic mass is 9.97. The van der Waals surface area contributed by atoms with Gasteiger partial charge in [-0.05, 0) is 44.8 Å². The van der Waals surface area contributed by atoms with Gasteiger partial charge in [-0.2, -0.15) is 18.3 Å². The van der Waals surface area contributed by atoms with Gasteiger partial charge < -0.3 is 9.52 Å². The molecule has 1 saturated heterocycles. The molecule has 3 heterocycles. The molecule has 7 nitrogen and oxygen atoms in total. The topological polar surface area (TPSA) is 84.4 Å². The van der Waals surface area contributed by atoms with E-state index in [1.807, 2.05) is 19.2 Å². The van der Waals surface area contributed by atoms with Crippen LogP contribution in [0, 0.1) is 12.8 Å². The maximum absolute atomic E-state index is 10.6. The minimum absolute atomic E-state index is 0.739. The number of alkyl halides is 3. The Hall–Kier alpha value is -2.36. The molecule has 2 aromatic rings. The fourth-order valence-corrected chi connectivity index (χ4v) is 2.99. The Balaban J connectivity index is 0.000000345. The maximum atomic E-state index is 10.6. The lowest BCUT2D eigenvalue weighted by Crippen LogP contribution is -2.34. The summed E-state index contributed by atoms with van der Waals surface area (Å²) in [6, 6.07) is 1.99. The highest BCUT2D eigenvalue weighted by Crippen LogP contribution is 2.22. The Morgan fingerprint density at radius 1 is 1.36 bits per heavy atom. The van der Waals surface area contributed by atoms with Crippen LogP contribution in [0.4, 0.5) is 13.2 Å². The number of oxazole rings is 1. The predicted octanol–water partition coefficient (Wildman–Crippen LogP) is 3.29. The summed E-state index contributed by atoms with van der Waals surface area (Å²) in [5.74, 6) is -0.121. The first-order valence-electron chi connectivity index (χ1n) is 9.14. The van der Waals surface area contributed by atoms with Crippen molar-refractivity contribution in [2.75, 3.05) is 13.1 Å². The van der Waals surface area contributed by atoms with E-state index in [4.69, 9.17) is 14.3 Å². The smallest absolute Gasteiger partial charge is 0.475 e. The zero-order chi connectivity index (χ0) is 20.7. The van der Waals surface area contributed by atoms with Crippen molar-refractivity contribution in [3.63, 3.8) is 0 Å². The quantitative estimate of drug-likeness (QED) is 0.826. The molecule has 156 valence electrons. The van der Waals surface area contributed by atoms with Crippen molar-refractivity contribution in [2.24, 2.45) is 5.92 Å². The molecule has 0 radical (unpaired) electrons. The summed E-state index contributed by atoms with van der Waals surface area (Å²) < 4.78 is 39.6. The summed E-state index contributed by atoms with van der Waals surface area (Å²) in [7, 11) is 0. The molecule has 1 aliphatic rings. The van der Waals surface area contributed by atoms with Crippen molar-refractivity contribution in [2.45, 2.75) is 52.4 Å². The van der Waals surface area contributed by atoms with Crippen LogP contribution >= 0.6 is 0 Å². The van der Waals surface area contributed by atoms with Crippen molar-refractivity contribution in [1.29, 1.82) is 0 Å². The molecule has 28 heavy (non-hydrogen) atoms. The Morgan fingerprint density at radius 2 is 2.00 bits per heavy atom. The van der Waals surface area contributed by atoms with Gasteiger partial charge in [0.15, 0.2) is 5.89 Å². The Bertz CT molecular complexity index is 736. The lowest BCUT2D eigenvalue weighted by Gasteiger charge is -2.31. The van der Waals surface area contributed by atoms with Crippen molar-refractivity contribution in [1.82, 2.24) is 19.7 Å². The second-order valence-corrected chi connectivity index (χ2v) is 6.72. The second kappa shape index (κ2) is 9.72. The van der Waals surface area contributed by atoms with E-state index in [2.05, 4.69) is 32.8 Å². The largest absolute Gasteiger partial charge is 0.490 e. The van der Waals surface area contributed by atoms with Crippen LogP contribution < -0.4 is 0 Å². The summed E-state index contributed by atoms with van der Waals surface area (Å²) in [4.78, 5) is 15.8. The highest BCUT2D eigenvalue weighted by Gasteiger charge is 2.38. The number of carboxylic acid groups (broad SMARTS) is 1. The molecule has 0 bridgehead atoms. The van der Waals surface area contributed by atoms with Gasteiger partial charge in [-0.3, -0.25) is 9.58 Å². The van der Waals surface area contributed by atoms with Gasteiger partial charge in [0, 0.05) is 25.4 Å². The number of aromatic nitrogens is 3. The van der Waals surface area contributed by atoms with Gasteiger partial charge in [-0.1, -0.05) is 6.92 Å². The molecule has 0 spiro atoms. The van der Waals surface area contributed by atoms with Crippen LogP contribution in [0.15, 0.2) is 22.9 Å². The number of carbonyl (C=O) groups is 1. The molecule has 10 heteroatoms. The molecular weight excluding hydrogens is 377 g/mol. The molecule has 0 atom stereocenters.